The fraction of sp³-hybridized carbons (Fsp3) is 0.571. The largest absolute Gasteiger partial charge is 0.310 e. The first-order valence-electron chi connectivity index (χ1n) is 6.92. The standard InChI is InChI=1S/C14H18F3NO2S/c1-2-4-18-14(9-3-5-21(19,20)8-9)10-6-12(16)13(17)7-11(10)15/h6-7,9,14,18H,2-5,8H2,1H3. The van der Waals surface area contributed by atoms with Crippen molar-refractivity contribution < 1.29 is 21.6 Å². The van der Waals surface area contributed by atoms with Crippen LogP contribution in [0.1, 0.15) is 31.4 Å². The predicted octanol–water partition coefficient (Wildman–Crippen LogP) is 2.58. The van der Waals surface area contributed by atoms with Gasteiger partial charge in [-0.1, -0.05) is 6.92 Å². The minimum atomic E-state index is -3.13. The molecule has 0 spiro atoms. The van der Waals surface area contributed by atoms with Gasteiger partial charge in [0.05, 0.1) is 11.5 Å². The summed E-state index contributed by atoms with van der Waals surface area (Å²) >= 11 is 0. The van der Waals surface area contributed by atoms with Gasteiger partial charge < -0.3 is 5.32 Å². The number of hydrogen-bond acceptors (Lipinski definition) is 3. The van der Waals surface area contributed by atoms with E-state index in [9.17, 15) is 21.6 Å². The molecule has 1 aromatic carbocycles. The lowest BCUT2D eigenvalue weighted by atomic mass is 9.91. The van der Waals surface area contributed by atoms with Crippen molar-refractivity contribution in [3.8, 4) is 0 Å². The number of benzene rings is 1. The van der Waals surface area contributed by atoms with Gasteiger partial charge in [0, 0.05) is 17.7 Å². The van der Waals surface area contributed by atoms with Crippen LogP contribution < -0.4 is 5.32 Å². The Bertz CT molecular complexity index is 619. The fourth-order valence-electron chi connectivity index (χ4n) is 2.69. The van der Waals surface area contributed by atoms with Crippen molar-refractivity contribution in [3.05, 3.63) is 35.1 Å². The minimum absolute atomic E-state index is 0.00977. The third kappa shape index (κ3) is 3.77. The van der Waals surface area contributed by atoms with Crippen LogP contribution in [0.5, 0.6) is 0 Å². The molecular weight excluding hydrogens is 303 g/mol. The Kier molecular flexibility index (Phi) is 4.93. The predicted molar refractivity (Wildman–Crippen MR) is 74.1 cm³/mol. The molecule has 21 heavy (non-hydrogen) atoms. The number of nitrogens with one attached hydrogen (secondary N) is 1. The van der Waals surface area contributed by atoms with Crippen molar-refractivity contribution in [3.63, 3.8) is 0 Å². The van der Waals surface area contributed by atoms with Gasteiger partial charge in [-0.15, -0.1) is 0 Å². The normalized spacial score (nSPS) is 22.4. The van der Waals surface area contributed by atoms with E-state index in [1.54, 1.807) is 0 Å². The summed E-state index contributed by atoms with van der Waals surface area (Å²) in [6.07, 6.45) is 1.16. The lowest BCUT2D eigenvalue weighted by Crippen LogP contribution is -2.30. The summed E-state index contributed by atoms with van der Waals surface area (Å²) in [4.78, 5) is 0. The summed E-state index contributed by atoms with van der Waals surface area (Å²) < 4.78 is 63.6. The summed E-state index contributed by atoms with van der Waals surface area (Å²) in [7, 11) is -3.13. The Labute approximate surface area is 122 Å². The second-order valence-corrected chi connectivity index (χ2v) is 7.61. The summed E-state index contributed by atoms with van der Waals surface area (Å²) in [5, 5.41) is 3.06. The highest BCUT2D eigenvalue weighted by Crippen LogP contribution is 2.33. The van der Waals surface area contributed by atoms with Gasteiger partial charge in [-0.3, -0.25) is 0 Å². The van der Waals surface area contributed by atoms with Crippen LogP contribution in [0.25, 0.3) is 0 Å². The average Bonchev–Trinajstić information content (AvgIpc) is 2.76. The van der Waals surface area contributed by atoms with Gasteiger partial charge in [-0.25, -0.2) is 21.6 Å². The molecule has 2 atom stereocenters. The van der Waals surface area contributed by atoms with Gasteiger partial charge in [0.2, 0.25) is 0 Å². The van der Waals surface area contributed by atoms with E-state index in [0.29, 0.717) is 19.0 Å². The minimum Gasteiger partial charge on any atom is -0.310 e. The maximum absolute atomic E-state index is 14.0. The van der Waals surface area contributed by atoms with Gasteiger partial charge in [-0.2, -0.15) is 0 Å². The first-order chi connectivity index (χ1) is 9.84. The van der Waals surface area contributed by atoms with Crippen LogP contribution in [0.4, 0.5) is 13.2 Å². The van der Waals surface area contributed by atoms with E-state index in [0.717, 1.165) is 12.5 Å². The van der Waals surface area contributed by atoms with Gasteiger partial charge in [0.1, 0.15) is 5.82 Å². The van der Waals surface area contributed by atoms with Crippen LogP contribution in [0, 0.1) is 23.4 Å². The zero-order valence-electron chi connectivity index (χ0n) is 11.7. The second-order valence-electron chi connectivity index (χ2n) is 5.38. The Balaban J connectivity index is 2.34. The maximum Gasteiger partial charge on any atom is 0.161 e. The molecule has 118 valence electrons. The van der Waals surface area contributed by atoms with E-state index >= 15 is 0 Å². The van der Waals surface area contributed by atoms with Crippen LogP contribution >= 0.6 is 0 Å². The first-order valence-corrected chi connectivity index (χ1v) is 8.74. The average molecular weight is 321 g/mol. The van der Waals surface area contributed by atoms with E-state index < -0.39 is 33.3 Å². The lowest BCUT2D eigenvalue weighted by molar-refractivity contribution is 0.375. The molecule has 2 unspecified atom stereocenters. The summed E-state index contributed by atoms with van der Waals surface area (Å²) in [6.45, 7) is 2.46. The smallest absolute Gasteiger partial charge is 0.161 e. The third-order valence-corrected chi connectivity index (χ3v) is 5.52. The molecule has 1 aliphatic rings. The zero-order valence-corrected chi connectivity index (χ0v) is 12.5. The van der Waals surface area contributed by atoms with Crippen molar-refractivity contribution >= 4 is 9.84 Å². The van der Waals surface area contributed by atoms with Gasteiger partial charge in [-0.05, 0) is 31.4 Å². The second kappa shape index (κ2) is 6.36. The molecule has 0 aliphatic carbocycles. The van der Waals surface area contributed by atoms with Crippen LogP contribution in [-0.2, 0) is 9.84 Å². The first kappa shape index (κ1) is 16.3. The third-order valence-electron chi connectivity index (χ3n) is 3.73. The van der Waals surface area contributed by atoms with Crippen molar-refractivity contribution in [1.29, 1.82) is 0 Å². The Morgan fingerprint density at radius 1 is 1.24 bits per heavy atom. The highest BCUT2D eigenvalue weighted by Gasteiger charge is 2.35. The Morgan fingerprint density at radius 2 is 1.90 bits per heavy atom. The molecule has 1 N–H and O–H groups in total. The van der Waals surface area contributed by atoms with E-state index in [1.165, 1.54) is 0 Å². The molecule has 1 fully saturated rings. The van der Waals surface area contributed by atoms with Crippen LogP contribution in [0.3, 0.4) is 0 Å². The molecule has 7 heteroatoms. The quantitative estimate of drug-likeness (QED) is 0.848. The zero-order chi connectivity index (χ0) is 15.6. The molecule has 0 aromatic heterocycles. The van der Waals surface area contributed by atoms with Crippen molar-refractivity contribution in [1.82, 2.24) is 5.32 Å². The highest BCUT2D eigenvalue weighted by molar-refractivity contribution is 7.91. The van der Waals surface area contributed by atoms with E-state index in [1.807, 2.05) is 6.92 Å². The number of rotatable bonds is 5. The van der Waals surface area contributed by atoms with Crippen LogP contribution in [-0.4, -0.2) is 26.5 Å². The van der Waals surface area contributed by atoms with Crippen molar-refractivity contribution in [2.24, 2.45) is 5.92 Å². The van der Waals surface area contributed by atoms with Gasteiger partial charge in [0.15, 0.2) is 21.5 Å². The molecule has 1 saturated heterocycles. The monoisotopic (exact) mass is 321 g/mol. The summed E-state index contributed by atoms with van der Waals surface area (Å²) in [5.41, 5.74) is -0.00977. The van der Waals surface area contributed by atoms with E-state index in [4.69, 9.17) is 0 Å². The van der Waals surface area contributed by atoms with E-state index in [-0.39, 0.29) is 23.0 Å². The molecular formula is C14H18F3NO2S. The molecule has 1 heterocycles. The number of hydrogen-bond donors (Lipinski definition) is 1. The Morgan fingerprint density at radius 3 is 2.48 bits per heavy atom. The molecule has 2 rings (SSSR count). The molecule has 0 radical (unpaired) electrons. The maximum atomic E-state index is 14.0. The van der Waals surface area contributed by atoms with Crippen LogP contribution in [0.15, 0.2) is 12.1 Å². The van der Waals surface area contributed by atoms with Gasteiger partial charge >= 0.3 is 0 Å². The molecule has 1 aromatic rings. The SMILES string of the molecule is CCCNC(c1cc(F)c(F)cc1F)C1CCS(=O)(=O)C1. The molecule has 0 amide bonds. The fourth-order valence-corrected chi connectivity index (χ4v) is 4.53. The van der Waals surface area contributed by atoms with Crippen molar-refractivity contribution in [2.45, 2.75) is 25.8 Å². The van der Waals surface area contributed by atoms with Gasteiger partial charge in [0.25, 0.3) is 0 Å². The molecule has 0 saturated carbocycles. The van der Waals surface area contributed by atoms with E-state index in [2.05, 4.69) is 5.32 Å². The lowest BCUT2D eigenvalue weighted by Gasteiger charge is -2.25. The summed E-state index contributed by atoms with van der Waals surface area (Å²) in [6, 6.07) is 0.704. The summed E-state index contributed by atoms with van der Waals surface area (Å²) in [5.74, 6) is -3.58. The highest BCUT2D eigenvalue weighted by atomic mass is 32.2. The van der Waals surface area contributed by atoms with Crippen LogP contribution in [0.2, 0.25) is 0 Å². The Hall–Kier alpha value is -1.08. The topological polar surface area (TPSA) is 46.2 Å². The molecule has 1 aliphatic heterocycles. The van der Waals surface area contributed by atoms with Crippen molar-refractivity contribution in [2.75, 3.05) is 18.1 Å². The number of sulfone groups is 1. The number of halogens is 3. The molecule has 0 bridgehead atoms. The molecule has 3 nitrogen and oxygen atoms in total.